The minimum Gasteiger partial charge on any atom is -0.369 e. The van der Waals surface area contributed by atoms with Crippen LogP contribution in [0.4, 0.5) is 0 Å². The van der Waals surface area contributed by atoms with E-state index < -0.39 is 21.3 Å². The second-order valence-corrected chi connectivity index (χ2v) is 5.91. The Bertz CT molecular complexity index is 312. The largest absolute Gasteiger partial charge is 0.369 e. The lowest BCUT2D eigenvalue weighted by Crippen LogP contribution is -2.47. The van der Waals surface area contributed by atoms with Gasteiger partial charge in [-0.05, 0) is 13.3 Å². The summed E-state index contributed by atoms with van der Waals surface area (Å²) in [5, 5.41) is 2.86. The predicted octanol–water partition coefficient (Wildman–Crippen LogP) is -1.36. The normalized spacial score (nSPS) is 31.8. The summed E-state index contributed by atoms with van der Waals surface area (Å²) >= 11 is 0. The number of carbonyl (C=O) groups is 1. The van der Waals surface area contributed by atoms with Gasteiger partial charge in [0.15, 0.2) is 9.84 Å². The maximum Gasteiger partial charge on any atom is 0.231 e. The summed E-state index contributed by atoms with van der Waals surface area (Å²) in [6, 6.07) is 0. The molecule has 0 bridgehead atoms. The second kappa shape index (κ2) is 3.26. The molecule has 76 valence electrons. The molecule has 5 nitrogen and oxygen atoms in total. The molecule has 3 N–H and O–H groups in total. The molecule has 0 radical (unpaired) electrons. The Hall–Kier alpha value is -0.620. The molecule has 0 aromatic heterocycles. The van der Waals surface area contributed by atoms with Crippen molar-refractivity contribution < 1.29 is 13.2 Å². The number of rotatable bonds is 3. The lowest BCUT2D eigenvalue weighted by atomic mass is 10.0. The Labute approximate surface area is 77.6 Å². The van der Waals surface area contributed by atoms with Crippen LogP contribution in [0.15, 0.2) is 0 Å². The summed E-state index contributed by atoms with van der Waals surface area (Å²) in [5.74, 6) is -0.187. The van der Waals surface area contributed by atoms with Crippen LogP contribution in [0.1, 0.15) is 13.3 Å². The minimum atomic E-state index is -2.92. The topological polar surface area (TPSA) is 89.3 Å². The minimum absolute atomic E-state index is 0.0337. The fraction of sp³-hybridized carbons (Fsp3) is 0.857. The van der Waals surface area contributed by atoms with Crippen LogP contribution in [-0.4, -0.2) is 37.9 Å². The van der Waals surface area contributed by atoms with Crippen molar-refractivity contribution in [1.82, 2.24) is 5.32 Å². The first-order chi connectivity index (χ1) is 5.83. The quantitative estimate of drug-likeness (QED) is 0.596. The summed E-state index contributed by atoms with van der Waals surface area (Å²) in [5.41, 5.74) is 4.47. The number of sulfone groups is 1. The molecular formula is C7H14N2O3S. The third kappa shape index (κ3) is 2.96. The van der Waals surface area contributed by atoms with Crippen LogP contribution in [-0.2, 0) is 14.6 Å². The van der Waals surface area contributed by atoms with Gasteiger partial charge in [-0.1, -0.05) is 0 Å². The van der Waals surface area contributed by atoms with E-state index in [9.17, 15) is 13.2 Å². The Balaban J connectivity index is 2.55. The number of primary amides is 1. The summed E-state index contributed by atoms with van der Waals surface area (Å²) in [6.07, 6.45) is 0.544. The van der Waals surface area contributed by atoms with E-state index in [1.165, 1.54) is 0 Å². The van der Waals surface area contributed by atoms with Crippen molar-refractivity contribution >= 4 is 15.7 Å². The molecule has 0 saturated carbocycles. The van der Waals surface area contributed by atoms with Gasteiger partial charge in [0.2, 0.25) is 5.91 Å². The fourth-order valence-electron chi connectivity index (χ4n) is 1.45. The van der Waals surface area contributed by atoms with Crippen molar-refractivity contribution in [2.24, 2.45) is 5.73 Å². The second-order valence-electron chi connectivity index (χ2n) is 3.72. The first kappa shape index (κ1) is 10.5. The van der Waals surface area contributed by atoms with Crippen LogP contribution in [0.25, 0.3) is 0 Å². The Morgan fingerprint density at radius 2 is 2.23 bits per heavy atom. The van der Waals surface area contributed by atoms with Crippen molar-refractivity contribution in [3.8, 4) is 0 Å². The van der Waals surface area contributed by atoms with E-state index in [-0.39, 0.29) is 18.1 Å². The number of nitrogens with one attached hydrogen (secondary N) is 1. The van der Waals surface area contributed by atoms with Crippen LogP contribution in [0, 0.1) is 0 Å². The van der Waals surface area contributed by atoms with Gasteiger partial charge in [0.25, 0.3) is 0 Å². The maximum absolute atomic E-state index is 11.1. The molecule has 1 heterocycles. The van der Waals surface area contributed by atoms with Gasteiger partial charge in [0.05, 0.1) is 18.1 Å². The van der Waals surface area contributed by atoms with Crippen molar-refractivity contribution in [3.05, 3.63) is 0 Å². The van der Waals surface area contributed by atoms with Gasteiger partial charge in [0.1, 0.15) is 0 Å². The predicted molar refractivity (Wildman–Crippen MR) is 48.9 cm³/mol. The van der Waals surface area contributed by atoms with Crippen LogP contribution in [0.2, 0.25) is 0 Å². The van der Waals surface area contributed by atoms with Gasteiger partial charge in [-0.25, -0.2) is 8.42 Å². The molecule has 1 atom stereocenters. The Kier molecular flexibility index (Phi) is 2.63. The van der Waals surface area contributed by atoms with E-state index in [4.69, 9.17) is 5.73 Å². The Morgan fingerprint density at radius 3 is 2.62 bits per heavy atom. The van der Waals surface area contributed by atoms with Gasteiger partial charge in [-0.3, -0.25) is 4.79 Å². The molecule has 6 heteroatoms. The average Bonchev–Trinajstić information content (AvgIpc) is 2.23. The highest BCUT2D eigenvalue weighted by Gasteiger charge is 2.37. The highest BCUT2D eigenvalue weighted by Crippen LogP contribution is 2.22. The van der Waals surface area contributed by atoms with Crippen LogP contribution in [0.5, 0.6) is 0 Å². The van der Waals surface area contributed by atoms with Crippen molar-refractivity contribution in [3.63, 3.8) is 0 Å². The summed E-state index contributed by atoms with van der Waals surface area (Å²) in [7, 11) is -2.92. The maximum atomic E-state index is 11.1. The fourth-order valence-corrected chi connectivity index (χ4v) is 3.57. The van der Waals surface area contributed by atoms with Gasteiger partial charge in [-0.15, -0.1) is 0 Å². The molecule has 1 aliphatic heterocycles. The van der Waals surface area contributed by atoms with Gasteiger partial charge in [0, 0.05) is 5.54 Å². The smallest absolute Gasteiger partial charge is 0.231 e. The Morgan fingerprint density at radius 1 is 1.62 bits per heavy atom. The first-order valence-electron chi connectivity index (χ1n) is 4.07. The molecule has 0 spiro atoms. The highest BCUT2D eigenvalue weighted by atomic mass is 32.2. The summed E-state index contributed by atoms with van der Waals surface area (Å²) in [6.45, 7) is 1.83. The summed E-state index contributed by atoms with van der Waals surface area (Å²) < 4.78 is 22.3. The zero-order valence-electron chi connectivity index (χ0n) is 7.54. The van der Waals surface area contributed by atoms with Gasteiger partial charge >= 0.3 is 0 Å². The molecule has 1 fully saturated rings. The van der Waals surface area contributed by atoms with Crippen LogP contribution >= 0.6 is 0 Å². The monoisotopic (exact) mass is 206 g/mol. The number of nitrogens with two attached hydrogens (primary N) is 1. The van der Waals surface area contributed by atoms with Gasteiger partial charge in [-0.2, -0.15) is 0 Å². The number of hydrogen-bond donors (Lipinski definition) is 2. The van der Waals surface area contributed by atoms with Crippen molar-refractivity contribution in [1.29, 1.82) is 0 Å². The van der Waals surface area contributed by atoms with Crippen molar-refractivity contribution in [2.45, 2.75) is 18.9 Å². The van der Waals surface area contributed by atoms with E-state index in [2.05, 4.69) is 5.32 Å². The molecule has 0 aromatic rings. The van der Waals surface area contributed by atoms with E-state index in [1.807, 2.05) is 0 Å². The molecule has 1 saturated heterocycles. The number of carbonyl (C=O) groups excluding carboxylic acids is 1. The van der Waals surface area contributed by atoms with Crippen LogP contribution < -0.4 is 11.1 Å². The van der Waals surface area contributed by atoms with E-state index in [1.54, 1.807) is 6.92 Å². The third-order valence-electron chi connectivity index (χ3n) is 2.19. The third-order valence-corrected chi connectivity index (χ3v) is 4.10. The molecule has 1 amide bonds. The standard InChI is InChI=1S/C7H14N2O3S/c1-7(9-4-6(8)10)2-3-13(11,12)5-7/h9H,2-5H2,1H3,(H2,8,10). The van der Waals surface area contributed by atoms with Gasteiger partial charge < -0.3 is 11.1 Å². The molecule has 1 rings (SSSR count). The first-order valence-corrected chi connectivity index (χ1v) is 5.89. The highest BCUT2D eigenvalue weighted by molar-refractivity contribution is 7.91. The average molecular weight is 206 g/mol. The number of hydrogen-bond acceptors (Lipinski definition) is 4. The zero-order chi connectivity index (χ0) is 10.1. The lowest BCUT2D eigenvalue weighted by molar-refractivity contribution is -0.117. The molecule has 0 aliphatic carbocycles. The number of amides is 1. The molecular weight excluding hydrogens is 192 g/mol. The SMILES string of the molecule is CC1(NCC(N)=O)CCS(=O)(=O)C1. The zero-order valence-corrected chi connectivity index (χ0v) is 8.36. The molecule has 13 heavy (non-hydrogen) atoms. The van der Waals surface area contributed by atoms with E-state index in [0.717, 1.165) is 0 Å². The summed E-state index contributed by atoms with van der Waals surface area (Å²) in [4.78, 5) is 10.5. The van der Waals surface area contributed by atoms with Crippen LogP contribution in [0.3, 0.4) is 0 Å². The molecule has 0 aromatic carbocycles. The van der Waals surface area contributed by atoms with Crippen molar-refractivity contribution in [2.75, 3.05) is 18.1 Å². The van der Waals surface area contributed by atoms with E-state index in [0.29, 0.717) is 6.42 Å². The van der Waals surface area contributed by atoms with E-state index >= 15 is 0 Å². The lowest BCUT2D eigenvalue weighted by Gasteiger charge is -2.22. The molecule has 1 aliphatic rings. The molecule has 1 unspecified atom stereocenters.